The molecule has 0 aliphatic rings. The zero-order valence-corrected chi connectivity index (χ0v) is 15.0. The molecule has 0 aromatic heterocycles. The molecule has 4 nitrogen and oxygen atoms in total. The average Bonchev–Trinajstić information content (AvgIpc) is 2.55. The number of ketones is 1. The number of aryl methyl sites for hydroxylation is 1. The molecule has 0 bridgehead atoms. The molecule has 2 aromatic carbocycles. The number of hydrogen-bond acceptors (Lipinski definition) is 3. The van der Waals surface area contributed by atoms with Gasteiger partial charge in [0.25, 0.3) is 0 Å². The predicted octanol–water partition coefficient (Wildman–Crippen LogP) is 3.57. The first-order valence-corrected chi connectivity index (χ1v) is 9.45. The van der Waals surface area contributed by atoms with Gasteiger partial charge < -0.3 is 0 Å². The number of rotatable bonds is 7. The van der Waals surface area contributed by atoms with E-state index < -0.39 is 16.1 Å². The second kappa shape index (κ2) is 7.73. The highest BCUT2D eigenvalue weighted by molar-refractivity contribution is 7.89. The van der Waals surface area contributed by atoms with E-state index in [0.29, 0.717) is 5.56 Å². The Morgan fingerprint density at radius 2 is 1.58 bits per heavy atom. The summed E-state index contributed by atoms with van der Waals surface area (Å²) < 4.78 is 27.8. The van der Waals surface area contributed by atoms with Crippen molar-refractivity contribution in [3.63, 3.8) is 0 Å². The van der Waals surface area contributed by atoms with Crippen LogP contribution in [0.2, 0.25) is 0 Å². The van der Waals surface area contributed by atoms with Crippen molar-refractivity contribution in [1.82, 2.24) is 4.72 Å². The molecule has 0 radical (unpaired) electrons. The fraction of sp³-hybridized carbons (Fsp3) is 0.316. The summed E-state index contributed by atoms with van der Waals surface area (Å²) in [5.74, 6) is -0.0706. The lowest BCUT2D eigenvalue weighted by atomic mass is 9.97. The van der Waals surface area contributed by atoms with Crippen LogP contribution in [-0.2, 0) is 10.0 Å². The van der Waals surface area contributed by atoms with Crippen molar-refractivity contribution in [2.45, 2.75) is 38.1 Å². The van der Waals surface area contributed by atoms with Crippen LogP contribution in [0.3, 0.4) is 0 Å². The summed E-state index contributed by atoms with van der Waals surface area (Å²) in [7, 11) is -3.65. The van der Waals surface area contributed by atoms with Crippen LogP contribution in [0.15, 0.2) is 59.5 Å². The van der Waals surface area contributed by atoms with E-state index in [2.05, 4.69) is 4.72 Å². The highest BCUT2D eigenvalue weighted by atomic mass is 32.2. The monoisotopic (exact) mass is 345 g/mol. The molecule has 0 amide bonds. The lowest BCUT2D eigenvalue weighted by Crippen LogP contribution is -2.40. The van der Waals surface area contributed by atoms with Crippen molar-refractivity contribution >= 4 is 15.8 Å². The molecular formula is C19H23NO3S. The van der Waals surface area contributed by atoms with Crippen LogP contribution >= 0.6 is 0 Å². The first-order chi connectivity index (χ1) is 11.3. The number of carbonyl (C=O) groups excluding carboxylic acids is 1. The van der Waals surface area contributed by atoms with Crippen LogP contribution in [0.5, 0.6) is 0 Å². The number of hydrogen-bond donors (Lipinski definition) is 1. The average molecular weight is 345 g/mol. The number of Topliss-reactive ketones (excluding diaryl/α,β-unsaturated/α-hetero) is 1. The van der Waals surface area contributed by atoms with Gasteiger partial charge in [-0.15, -0.1) is 0 Å². The van der Waals surface area contributed by atoms with E-state index >= 15 is 0 Å². The molecule has 128 valence electrons. The number of sulfonamides is 1. The summed E-state index contributed by atoms with van der Waals surface area (Å²) in [4.78, 5) is 12.6. The molecule has 1 atom stereocenters. The number of benzene rings is 2. The summed E-state index contributed by atoms with van der Waals surface area (Å²) in [5, 5.41) is 0. The molecule has 0 saturated heterocycles. The minimum Gasteiger partial charge on any atom is -0.294 e. The van der Waals surface area contributed by atoms with Gasteiger partial charge in [0.2, 0.25) is 10.0 Å². The van der Waals surface area contributed by atoms with Crippen molar-refractivity contribution in [3.8, 4) is 0 Å². The molecule has 1 N–H and O–H groups in total. The van der Waals surface area contributed by atoms with Crippen LogP contribution in [-0.4, -0.2) is 20.2 Å². The van der Waals surface area contributed by atoms with Crippen molar-refractivity contribution in [1.29, 1.82) is 0 Å². The Bertz CT molecular complexity index is 781. The highest BCUT2D eigenvalue weighted by Crippen LogP contribution is 2.16. The second-order valence-corrected chi connectivity index (χ2v) is 7.99. The molecule has 2 rings (SSSR count). The van der Waals surface area contributed by atoms with Gasteiger partial charge in [-0.2, -0.15) is 0 Å². The van der Waals surface area contributed by atoms with Gasteiger partial charge in [0, 0.05) is 18.0 Å². The Hall–Kier alpha value is -1.98. The topological polar surface area (TPSA) is 63.2 Å². The van der Waals surface area contributed by atoms with Crippen LogP contribution in [0.4, 0.5) is 0 Å². The van der Waals surface area contributed by atoms with E-state index in [1.807, 2.05) is 26.8 Å². The summed E-state index contributed by atoms with van der Waals surface area (Å²) >= 11 is 0. The van der Waals surface area contributed by atoms with Crippen LogP contribution in [0.25, 0.3) is 0 Å². The molecular weight excluding hydrogens is 322 g/mol. The van der Waals surface area contributed by atoms with Gasteiger partial charge in [0.05, 0.1) is 4.90 Å². The van der Waals surface area contributed by atoms with E-state index in [0.717, 1.165) is 5.56 Å². The fourth-order valence-corrected chi connectivity index (χ4v) is 3.72. The van der Waals surface area contributed by atoms with Crippen molar-refractivity contribution in [2.75, 3.05) is 0 Å². The summed E-state index contributed by atoms with van der Waals surface area (Å²) in [6.07, 6.45) is 0.132. The minimum atomic E-state index is -3.65. The maximum atomic E-state index is 12.6. The third-order valence-corrected chi connectivity index (χ3v) is 5.45. The zero-order valence-electron chi connectivity index (χ0n) is 14.2. The SMILES string of the molecule is Cc1ccc(S(=O)(=O)NC(CC(=O)c2ccccc2)C(C)C)cc1. The largest absolute Gasteiger partial charge is 0.294 e. The highest BCUT2D eigenvalue weighted by Gasteiger charge is 2.25. The van der Waals surface area contributed by atoms with E-state index in [-0.39, 0.29) is 23.0 Å². The van der Waals surface area contributed by atoms with Gasteiger partial charge in [-0.25, -0.2) is 13.1 Å². The first-order valence-electron chi connectivity index (χ1n) is 7.97. The molecule has 0 saturated carbocycles. The maximum Gasteiger partial charge on any atom is 0.240 e. The Morgan fingerprint density at radius 1 is 1.00 bits per heavy atom. The van der Waals surface area contributed by atoms with E-state index in [1.165, 1.54) is 0 Å². The summed E-state index contributed by atoms with van der Waals surface area (Å²) in [5.41, 5.74) is 1.59. The van der Waals surface area contributed by atoms with E-state index in [1.54, 1.807) is 48.5 Å². The third kappa shape index (κ3) is 4.76. The lowest BCUT2D eigenvalue weighted by Gasteiger charge is -2.22. The smallest absolute Gasteiger partial charge is 0.240 e. The zero-order chi connectivity index (χ0) is 17.7. The summed E-state index contributed by atoms with van der Waals surface area (Å²) in [6.45, 7) is 5.71. The van der Waals surface area contributed by atoms with Crippen molar-refractivity contribution in [3.05, 3.63) is 65.7 Å². The molecule has 2 aromatic rings. The first kappa shape index (κ1) is 18.4. The quantitative estimate of drug-likeness (QED) is 0.780. The van der Waals surface area contributed by atoms with Gasteiger partial charge >= 0.3 is 0 Å². The number of carbonyl (C=O) groups is 1. The minimum absolute atomic E-state index is 0.00196. The summed E-state index contributed by atoms with van der Waals surface area (Å²) in [6, 6.07) is 15.1. The fourth-order valence-electron chi connectivity index (χ4n) is 2.34. The van der Waals surface area contributed by atoms with Crippen LogP contribution < -0.4 is 4.72 Å². The third-order valence-electron chi connectivity index (χ3n) is 3.94. The van der Waals surface area contributed by atoms with Crippen LogP contribution in [0.1, 0.15) is 36.2 Å². The standard InChI is InChI=1S/C19H23NO3S/c1-14(2)18(13-19(21)16-7-5-4-6-8-16)20-24(22,23)17-11-9-15(3)10-12-17/h4-12,14,18,20H,13H2,1-3H3. The van der Waals surface area contributed by atoms with Gasteiger partial charge in [0.15, 0.2) is 5.78 Å². The molecule has 0 aliphatic carbocycles. The normalized spacial score (nSPS) is 13.0. The van der Waals surface area contributed by atoms with E-state index in [9.17, 15) is 13.2 Å². The second-order valence-electron chi connectivity index (χ2n) is 6.28. The molecule has 0 heterocycles. The predicted molar refractivity (Wildman–Crippen MR) is 95.5 cm³/mol. The number of nitrogens with one attached hydrogen (secondary N) is 1. The van der Waals surface area contributed by atoms with Gasteiger partial charge in [-0.1, -0.05) is 61.9 Å². The van der Waals surface area contributed by atoms with Crippen molar-refractivity contribution < 1.29 is 13.2 Å². The maximum absolute atomic E-state index is 12.6. The van der Waals surface area contributed by atoms with Gasteiger partial charge in [-0.05, 0) is 25.0 Å². The van der Waals surface area contributed by atoms with Gasteiger partial charge in [-0.3, -0.25) is 4.79 Å². The Balaban J connectivity index is 2.16. The lowest BCUT2D eigenvalue weighted by molar-refractivity contribution is 0.0965. The molecule has 1 unspecified atom stereocenters. The molecule has 24 heavy (non-hydrogen) atoms. The van der Waals surface area contributed by atoms with Gasteiger partial charge in [0.1, 0.15) is 0 Å². The van der Waals surface area contributed by atoms with Crippen LogP contribution in [0, 0.1) is 12.8 Å². The molecule has 0 fully saturated rings. The van der Waals surface area contributed by atoms with E-state index in [4.69, 9.17) is 0 Å². The molecule has 0 spiro atoms. The molecule has 0 aliphatic heterocycles. The Kier molecular flexibility index (Phi) is 5.91. The Morgan fingerprint density at radius 3 is 2.12 bits per heavy atom. The van der Waals surface area contributed by atoms with Crippen molar-refractivity contribution in [2.24, 2.45) is 5.92 Å². The molecule has 5 heteroatoms. The Labute approximate surface area is 144 Å².